The monoisotopic (exact) mass is 291 g/mol. The Morgan fingerprint density at radius 3 is 2.85 bits per heavy atom. The summed E-state index contributed by atoms with van der Waals surface area (Å²) in [6, 6.07) is 6.51. The summed E-state index contributed by atoms with van der Waals surface area (Å²) >= 11 is 1.48. The lowest BCUT2D eigenvalue weighted by Gasteiger charge is -2.17. The second kappa shape index (κ2) is 6.81. The third-order valence-electron chi connectivity index (χ3n) is 3.44. The number of rotatable bonds is 6. The molecular weight excluding hydrogens is 270 g/mol. The fourth-order valence-corrected chi connectivity index (χ4v) is 3.18. The number of benzene rings is 1. The van der Waals surface area contributed by atoms with Crippen LogP contribution in [0.3, 0.4) is 0 Å². The molecule has 2 aromatic rings. The van der Waals surface area contributed by atoms with Gasteiger partial charge in [0.2, 0.25) is 0 Å². The van der Waals surface area contributed by atoms with E-state index in [2.05, 4.69) is 40.9 Å². The van der Waals surface area contributed by atoms with Crippen LogP contribution in [0.15, 0.2) is 18.2 Å². The van der Waals surface area contributed by atoms with Crippen LogP contribution in [0.5, 0.6) is 5.75 Å². The van der Waals surface area contributed by atoms with Crippen LogP contribution < -0.4 is 10.1 Å². The minimum absolute atomic E-state index is 0.223. The van der Waals surface area contributed by atoms with E-state index in [-0.39, 0.29) is 6.04 Å². The highest BCUT2D eigenvalue weighted by atomic mass is 32.1. The van der Waals surface area contributed by atoms with Crippen LogP contribution in [0.4, 0.5) is 0 Å². The van der Waals surface area contributed by atoms with Gasteiger partial charge in [-0.2, -0.15) is 0 Å². The molecule has 0 saturated carbocycles. The van der Waals surface area contributed by atoms with Gasteiger partial charge in [0.15, 0.2) is 0 Å². The van der Waals surface area contributed by atoms with Gasteiger partial charge < -0.3 is 10.1 Å². The molecule has 0 aliphatic carbocycles. The van der Waals surface area contributed by atoms with Gasteiger partial charge >= 0.3 is 0 Å². The maximum absolute atomic E-state index is 5.46. The third kappa shape index (κ3) is 3.16. The van der Waals surface area contributed by atoms with Crippen molar-refractivity contribution in [3.63, 3.8) is 0 Å². The molecule has 20 heavy (non-hydrogen) atoms. The summed E-state index contributed by atoms with van der Waals surface area (Å²) in [6.07, 6.45) is 1.78. The van der Waals surface area contributed by atoms with E-state index in [1.54, 1.807) is 7.11 Å². The molecule has 1 atom stereocenters. The highest BCUT2D eigenvalue weighted by molar-refractivity contribution is 7.05. The van der Waals surface area contributed by atoms with Gasteiger partial charge in [-0.15, -0.1) is 5.10 Å². The second-order valence-electron chi connectivity index (χ2n) is 4.80. The van der Waals surface area contributed by atoms with Gasteiger partial charge in [-0.05, 0) is 50.0 Å². The molecule has 1 unspecified atom stereocenters. The first kappa shape index (κ1) is 14.9. The van der Waals surface area contributed by atoms with Crippen molar-refractivity contribution in [2.75, 3.05) is 14.2 Å². The normalized spacial score (nSPS) is 12.4. The fourth-order valence-electron chi connectivity index (χ4n) is 2.34. The molecule has 0 spiro atoms. The van der Waals surface area contributed by atoms with Gasteiger partial charge in [0, 0.05) is 6.04 Å². The van der Waals surface area contributed by atoms with E-state index in [0.29, 0.717) is 0 Å². The average molecular weight is 291 g/mol. The summed E-state index contributed by atoms with van der Waals surface area (Å²) in [6.45, 7) is 4.21. The molecule has 1 aromatic carbocycles. The smallest absolute Gasteiger partial charge is 0.122 e. The number of ether oxygens (including phenoxy) is 1. The van der Waals surface area contributed by atoms with Crippen molar-refractivity contribution in [2.45, 2.75) is 32.7 Å². The molecule has 4 nitrogen and oxygen atoms in total. The summed E-state index contributed by atoms with van der Waals surface area (Å²) in [4.78, 5) is 1.22. The summed E-state index contributed by atoms with van der Waals surface area (Å²) < 4.78 is 9.55. The Balaban J connectivity index is 2.29. The number of nitrogens with one attached hydrogen (secondary N) is 1. The summed E-state index contributed by atoms with van der Waals surface area (Å²) in [5.74, 6) is 0.936. The first-order valence-corrected chi connectivity index (χ1v) is 7.58. The molecular formula is C15H21N3OS. The second-order valence-corrected chi connectivity index (χ2v) is 5.58. The molecule has 0 fully saturated rings. The van der Waals surface area contributed by atoms with Crippen molar-refractivity contribution >= 4 is 11.5 Å². The van der Waals surface area contributed by atoms with Gasteiger partial charge in [0.25, 0.3) is 0 Å². The van der Waals surface area contributed by atoms with Gasteiger partial charge in [0.05, 0.1) is 17.7 Å². The molecule has 108 valence electrons. The third-order valence-corrected chi connectivity index (χ3v) is 4.33. The van der Waals surface area contributed by atoms with E-state index in [1.807, 2.05) is 13.1 Å². The molecule has 0 saturated heterocycles. The van der Waals surface area contributed by atoms with Crippen molar-refractivity contribution in [1.29, 1.82) is 0 Å². The summed E-state index contributed by atoms with van der Waals surface area (Å²) in [5.41, 5.74) is 3.54. The van der Waals surface area contributed by atoms with Gasteiger partial charge in [0.1, 0.15) is 5.75 Å². The topological polar surface area (TPSA) is 47.0 Å². The lowest BCUT2D eigenvalue weighted by Crippen LogP contribution is -2.19. The van der Waals surface area contributed by atoms with Crippen molar-refractivity contribution in [2.24, 2.45) is 0 Å². The molecule has 0 amide bonds. The number of likely N-dealkylation sites (N-methyl/N-ethyl adjacent to an activating group) is 1. The molecule has 0 aliphatic rings. The highest BCUT2D eigenvalue weighted by Gasteiger charge is 2.19. The number of aryl methyl sites for hydroxylation is 2. The van der Waals surface area contributed by atoms with E-state index in [9.17, 15) is 0 Å². The maximum Gasteiger partial charge on any atom is 0.122 e. The number of aromatic nitrogens is 2. The largest absolute Gasteiger partial charge is 0.496 e. The Kier molecular flexibility index (Phi) is 5.09. The molecule has 1 aromatic heterocycles. The van der Waals surface area contributed by atoms with Gasteiger partial charge in [-0.3, -0.25) is 0 Å². The van der Waals surface area contributed by atoms with Crippen molar-refractivity contribution in [3.8, 4) is 5.75 Å². The predicted molar refractivity (Wildman–Crippen MR) is 82.5 cm³/mol. The Morgan fingerprint density at radius 2 is 2.20 bits per heavy atom. The lowest BCUT2D eigenvalue weighted by atomic mass is 10.0. The van der Waals surface area contributed by atoms with E-state index >= 15 is 0 Å². The first-order valence-electron chi connectivity index (χ1n) is 6.81. The minimum atomic E-state index is 0.223. The van der Waals surface area contributed by atoms with Crippen LogP contribution in [-0.4, -0.2) is 23.7 Å². The highest BCUT2D eigenvalue weighted by Crippen LogP contribution is 2.28. The zero-order valence-corrected chi connectivity index (χ0v) is 13.3. The number of nitrogens with zero attached hydrogens (tertiary/aromatic N) is 2. The van der Waals surface area contributed by atoms with Crippen LogP contribution in [0.1, 0.15) is 34.7 Å². The van der Waals surface area contributed by atoms with Gasteiger partial charge in [-0.1, -0.05) is 29.1 Å². The Hall–Kier alpha value is -1.46. The Labute approximate surface area is 124 Å². The fraction of sp³-hybridized carbons (Fsp3) is 0.467. The van der Waals surface area contributed by atoms with E-state index < -0.39 is 0 Å². The molecule has 5 heteroatoms. The van der Waals surface area contributed by atoms with Crippen molar-refractivity contribution < 1.29 is 4.74 Å². The molecule has 2 rings (SSSR count). The van der Waals surface area contributed by atoms with Crippen LogP contribution in [0, 0.1) is 6.92 Å². The number of methoxy groups -OCH3 is 1. The average Bonchev–Trinajstić information content (AvgIpc) is 2.93. The molecule has 0 radical (unpaired) electrons. The zero-order chi connectivity index (χ0) is 14.5. The summed E-state index contributed by atoms with van der Waals surface area (Å²) in [7, 11) is 3.69. The lowest BCUT2D eigenvalue weighted by molar-refractivity contribution is 0.406. The van der Waals surface area contributed by atoms with Crippen molar-refractivity contribution in [1.82, 2.24) is 14.9 Å². The number of hydrogen-bond donors (Lipinski definition) is 1. The Morgan fingerprint density at radius 1 is 1.40 bits per heavy atom. The standard InChI is InChI=1S/C15H21N3OS/c1-5-12-15(20-18-17-12)13(16-3)9-11-8-10(2)6-7-14(11)19-4/h6-8,13,16H,5,9H2,1-4H3. The van der Waals surface area contributed by atoms with E-state index in [1.165, 1.54) is 27.5 Å². The minimum Gasteiger partial charge on any atom is -0.496 e. The van der Waals surface area contributed by atoms with Crippen LogP contribution in [-0.2, 0) is 12.8 Å². The number of hydrogen-bond acceptors (Lipinski definition) is 5. The predicted octanol–water partition coefficient (Wildman–Crippen LogP) is 2.92. The first-order chi connectivity index (χ1) is 9.69. The van der Waals surface area contributed by atoms with E-state index in [0.717, 1.165) is 24.3 Å². The quantitative estimate of drug-likeness (QED) is 0.889. The van der Waals surface area contributed by atoms with Crippen LogP contribution in [0.25, 0.3) is 0 Å². The Bertz CT molecular complexity index is 568. The molecule has 0 bridgehead atoms. The molecule has 1 N–H and O–H groups in total. The van der Waals surface area contributed by atoms with Crippen LogP contribution >= 0.6 is 11.5 Å². The van der Waals surface area contributed by atoms with E-state index in [4.69, 9.17) is 4.74 Å². The van der Waals surface area contributed by atoms with Gasteiger partial charge in [-0.25, -0.2) is 0 Å². The molecule has 1 heterocycles. The molecule has 0 aliphatic heterocycles. The zero-order valence-electron chi connectivity index (χ0n) is 12.4. The van der Waals surface area contributed by atoms with Crippen molar-refractivity contribution in [3.05, 3.63) is 39.9 Å². The maximum atomic E-state index is 5.46. The SMILES string of the molecule is CCc1nnsc1C(Cc1cc(C)ccc1OC)NC. The van der Waals surface area contributed by atoms with Crippen LogP contribution in [0.2, 0.25) is 0 Å². The summed E-state index contributed by atoms with van der Waals surface area (Å²) in [5, 5.41) is 7.58.